The normalized spacial score (nSPS) is 12.8. The minimum atomic E-state index is -0.893. The largest absolute Gasteiger partial charge is 0.493 e. The summed E-state index contributed by atoms with van der Waals surface area (Å²) in [6, 6.07) is 5.49. The van der Waals surface area contributed by atoms with Crippen molar-refractivity contribution in [2.45, 2.75) is 26.0 Å². The lowest BCUT2D eigenvalue weighted by Crippen LogP contribution is -2.13. The molecule has 0 aliphatic heterocycles. The van der Waals surface area contributed by atoms with E-state index >= 15 is 0 Å². The average Bonchev–Trinajstić information content (AvgIpc) is 2.81. The number of nitrogens with zero attached hydrogens (tertiary/aromatic N) is 2. The van der Waals surface area contributed by atoms with Crippen molar-refractivity contribution in [3.63, 3.8) is 0 Å². The Kier molecular flexibility index (Phi) is 4.73. The van der Waals surface area contributed by atoms with Crippen LogP contribution in [0.4, 0.5) is 0 Å². The summed E-state index contributed by atoms with van der Waals surface area (Å²) >= 11 is 9.56. The number of halogens is 2. The first-order valence-electron chi connectivity index (χ1n) is 6.20. The van der Waals surface area contributed by atoms with E-state index in [0.29, 0.717) is 22.0 Å². The molecule has 20 heavy (non-hydrogen) atoms. The minimum absolute atomic E-state index is 0.109. The van der Waals surface area contributed by atoms with Gasteiger partial charge in [-0.3, -0.25) is 4.68 Å². The van der Waals surface area contributed by atoms with Gasteiger partial charge in [-0.15, -0.1) is 0 Å². The maximum atomic E-state index is 10.7. The number of methoxy groups -OCH3 is 1. The molecule has 0 saturated carbocycles. The number of ether oxygens (including phenoxy) is 1. The number of aliphatic hydroxyl groups is 1. The number of aliphatic hydroxyl groups excluding tert-OH is 1. The van der Waals surface area contributed by atoms with Gasteiger partial charge >= 0.3 is 0 Å². The first-order chi connectivity index (χ1) is 9.45. The second-order valence-electron chi connectivity index (χ2n) is 4.70. The zero-order valence-electron chi connectivity index (χ0n) is 11.5. The summed E-state index contributed by atoms with van der Waals surface area (Å²) in [5.41, 5.74) is 1.22. The van der Waals surface area contributed by atoms with E-state index in [-0.39, 0.29) is 6.04 Å². The van der Waals surface area contributed by atoms with Gasteiger partial charge in [0, 0.05) is 21.1 Å². The SMILES string of the molecule is COc1cnn(C(C)C)c1C(O)c1ccc(Br)cc1Cl. The van der Waals surface area contributed by atoms with Crippen molar-refractivity contribution >= 4 is 27.5 Å². The number of hydrogen-bond acceptors (Lipinski definition) is 3. The van der Waals surface area contributed by atoms with Crippen LogP contribution in [0.3, 0.4) is 0 Å². The Morgan fingerprint density at radius 1 is 1.40 bits per heavy atom. The zero-order valence-corrected chi connectivity index (χ0v) is 13.8. The molecule has 1 N–H and O–H groups in total. The van der Waals surface area contributed by atoms with Crippen LogP contribution in [0.2, 0.25) is 5.02 Å². The molecule has 2 rings (SSSR count). The Bertz CT molecular complexity index is 613. The number of hydrogen-bond donors (Lipinski definition) is 1. The van der Waals surface area contributed by atoms with Crippen LogP contribution in [-0.2, 0) is 0 Å². The minimum Gasteiger partial charge on any atom is -0.493 e. The van der Waals surface area contributed by atoms with Crippen LogP contribution in [0.1, 0.15) is 37.3 Å². The lowest BCUT2D eigenvalue weighted by Gasteiger charge is -2.18. The van der Waals surface area contributed by atoms with Crippen LogP contribution < -0.4 is 4.74 Å². The van der Waals surface area contributed by atoms with E-state index in [4.69, 9.17) is 16.3 Å². The van der Waals surface area contributed by atoms with Gasteiger partial charge in [0.2, 0.25) is 0 Å². The zero-order chi connectivity index (χ0) is 14.9. The van der Waals surface area contributed by atoms with Gasteiger partial charge in [0.15, 0.2) is 5.75 Å². The van der Waals surface area contributed by atoms with Crippen molar-refractivity contribution in [3.05, 3.63) is 45.1 Å². The maximum Gasteiger partial charge on any atom is 0.163 e. The Hall–Kier alpha value is -1.04. The maximum absolute atomic E-state index is 10.7. The second-order valence-corrected chi connectivity index (χ2v) is 6.03. The second kappa shape index (κ2) is 6.16. The van der Waals surface area contributed by atoms with Crippen molar-refractivity contribution in [1.29, 1.82) is 0 Å². The number of benzene rings is 1. The van der Waals surface area contributed by atoms with Crippen molar-refractivity contribution < 1.29 is 9.84 Å². The molecule has 0 saturated heterocycles. The van der Waals surface area contributed by atoms with Crippen LogP contribution in [0, 0.1) is 0 Å². The summed E-state index contributed by atoms with van der Waals surface area (Å²) in [7, 11) is 1.56. The molecule has 1 aromatic carbocycles. The Labute approximate surface area is 131 Å². The molecular formula is C14H16BrClN2O2. The molecule has 0 aliphatic rings. The van der Waals surface area contributed by atoms with Gasteiger partial charge in [-0.05, 0) is 26.0 Å². The fraction of sp³-hybridized carbons (Fsp3) is 0.357. The van der Waals surface area contributed by atoms with E-state index in [2.05, 4.69) is 21.0 Å². The highest BCUT2D eigenvalue weighted by molar-refractivity contribution is 9.10. The van der Waals surface area contributed by atoms with E-state index < -0.39 is 6.10 Å². The standard InChI is InChI=1S/C14H16BrClN2O2/c1-8(2)18-13(12(20-3)7-17-18)14(19)10-5-4-9(15)6-11(10)16/h4-8,14,19H,1-3H3. The third-order valence-electron chi connectivity index (χ3n) is 3.02. The van der Waals surface area contributed by atoms with Crippen LogP contribution in [-0.4, -0.2) is 22.0 Å². The quantitative estimate of drug-likeness (QED) is 0.898. The molecule has 6 heteroatoms. The van der Waals surface area contributed by atoms with Gasteiger partial charge in [-0.1, -0.05) is 33.6 Å². The molecule has 1 aromatic heterocycles. The first kappa shape index (κ1) is 15.4. The Morgan fingerprint density at radius 3 is 2.65 bits per heavy atom. The molecule has 1 atom stereocenters. The molecule has 0 bridgehead atoms. The summed E-state index contributed by atoms with van der Waals surface area (Å²) in [6.07, 6.45) is 0.709. The lowest BCUT2D eigenvalue weighted by atomic mass is 10.1. The molecular weight excluding hydrogens is 344 g/mol. The van der Waals surface area contributed by atoms with Gasteiger partial charge in [0.05, 0.1) is 13.3 Å². The average molecular weight is 360 g/mol. The Balaban J connectivity index is 2.52. The van der Waals surface area contributed by atoms with E-state index in [1.165, 1.54) is 0 Å². The first-order valence-corrected chi connectivity index (χ1v) is 7.37. The van der Waals surface area contributed by atoms with E-state index in [1.807, 2.05) is 19.9 Å². The predicted molar refractivity (Wildman–Crippen MR) is 82.4 cm³/mol. The van der Waals surface area contributed by atoms with E-state index in [9.17, 15) is 5.11 Å². The smallest absolute Gasteiger partial charge is 0.163 e. The molecule has 1 unspecified atom stereocenters. The third kappa shape index (κ3) is 2.85. The van der Waals surface area contributed by atoms with Crippen molar-refractivity contribution in [1.82, 2.24) is 9.78 Å². The molecule has 108 valence electrons. The summed E-state index contributed by atoms with van der Waals surface area (Å²) in [4.78, 5) is 0. The monoisotopic (exact) mass is 358 g/mol. The van der Waals surface area contributed by atoms with Crippen molar-refractivity contribution in [2.75, 3.05) is 7.11 Å². The van der Waals surface area contributed by atoms with E-state index in [1.54, 1.807) is 30.1 Å². The van der Waals surface area contributed by atoms with Crippen molar-refractivity contribution in [3.8, 4) is 5.75 Å². The molecule has 4 nitrogen and oxygen atoms in total. The van der Waals surface area contributed by atoms with Gasteiger partial charge < -0.3 is 9.84 Å². The van der Waals surface area contributed by atoms with Crippen LogP contribution in [0.5, 0.6) is 5.75 Å². The van der Waals surface area contributed by atoms with Crippen LogP contribution >= 0.6 is 27.5 Å². The topological polar surface area (TPSA) is 47.3 Å². The summed E-state index contributed by atoms with van der Waals surface area (Å²) in [5.74, 6) is 0.546. The summed E-state index contributed by atoms with van der Waals surface area (Å²) in [5, 5.41) is 15.4. The molecule has 0 radical (unpaired) electrons. The highest BCUT2D eigenvalue weighted by Crippen LogP contribution is 2.35. The molecule has 0 fully saturated rings. The van der Waals surface area contributed by atoms with Gasteiger partial charge in [-0.25, -0.2) is 0 Å². The van der Waals surface area contributed by atoms with Gasteiger partial charge in [-0.2, -0.15) is 5.10 Å². The Morgan fingerprint density at radius 2 is 2.10 bits per heavy atom. The lowest BCUT2D eigenvalue weighted by molar-refractivity contribution is 0.199. The molecule has 0 aliphatic carbocycles. The highest BCUT2D eigenvalue weighted by atomic mass is 79.9. The molecule has 1 heterocycles. The fourth-order valence-electron chi connectivity index (χ4n) is 2.06. The van der Waals surface area contributed by atoms with Crippen LogP contribution in [0.15, 0.2) is 28.9 Å². The number of aromatic nitrogens is 2. The van der Waals surface area contributed by atoms with E-state index in [0.717, 1.165) is 4.47 Å². The van der Waals surface area contributed by atoms with Gasteiger partial charge in [0.25, 0.3) is 0 Å². The third-order valence-corrected chi connectivity index (χ3v) is 3.84. The number of rotatable bonds is 4. The fourth-order valence-corrected chi connectivity index (χ4v) is 2.83. The predicted octanol–water partition coefficient (Wildman–Crippen LogP) is 3.97. The molecule has 2 aromatic rings. The molecule has 0 amide bonds. The summed E-state index contributed by atoms with van der Waals surface area (Å²) < 4.78 is 7.89. The molecule has 0 spiro atoms. The van der Waals surface area contributed by atoms with Gasteiger partial charge in [0.1, 0.15) is 11.8 Å². The highest BCUT2D eigenvalue weighted by Gasteiger charge is 2.24. The summed E-state index contributed by atoms with van der Waals surface area (Å²) in [6.45, 7) is 3.98. The van der Waals surface area contributed by atoms with Crippen molar-refractivity contribution in [2.24, 2.45) is 0 Å². The van der Waals surface area contributed by atoms with Crippen LogP contribution in [0.25, 0.3) is 0 Å².